The summed E-state index contributed by atoms with van der Waals surface area (Å²) in [6.07, 6.45) is 0. The molecule has 0 bridgehead atoms. The number of nitrogens with zero attached hydrogens (tertiary/aromatic N) is 2. The number of ketones is 1. The van der Waals surface area contributed by atoms with Crippen molar-refractivity contribution < 1.29 is 14.3 Å². The Labute approximate surface area is 118 Å². The first-order valence-electron chi connectivity index (χ1n) is 6.41. The highest BCUT2D eigenvalue weighted by Crippen LogP contribution is 2.24. The molecule has 1 aromatic carbocycles. The van der Waals surface area contributed by atoms with Gasteiger partial charge < -0.3 is 9.47 Å². The molecule has 0 radical (unpaired) electrons. The molecule has 0 atom stereocenters. The second kappa shape index (κ2) is 5.77. The lowest BCUT2D eigenvalue weighted by Crippen LogP contribution is -2.10. The summed E-state index contributed by atoms with van der Waals surface area (Å²) in [4.78, 5) is 12.6. The predicted octanol–water partition coefficient (Wildman–Crippen LogP) is 2.46. The van der Waals surface area contributed by atoms with Crippen molar-refractivity contribution >= 4 is 5.78 Å². The Morgan fingerprint density at radius 3 is 2.25 bits per heavy atom. The van der Waals surface area contributed by atoms with Gasteiger partial charge in [0.25, 0.3) is 0 Å². The Morgan fingerprint density at radius 1 is 1.15 bits per heavy atom. The zero-order valence-electron chi connectivity index (χ0n) is 12.1. The Balaban J connectivity index is 2.47. The van der Waals surface area contributed by atoms with Gasteiger partial charge in [-0.2, -0.15) is 5.10 Å². The summed E-state index contributed by atoms with van der Waals surface area (Å²) in [5.74, 6) is 1.09. The lowest BCUT2D eigenvalue weighted by atomic mass is 10.1. The number of hydrogen-bond donors (Lipinski definition) is 0. The Hall–Kier alpha value is -2.30. The van der Waals surface area contributed by atoms with Crippen LogP contribution in [0.3, 0.4) is 0 Å². The van der Waals surface area contributed by atoms with E-state index in [0.717, 1.165) is 5.69 Å². The zero-order valence-corrected chi connectivity index (χ0v) is 12.1. The van der Waals surface area contributed by atoms with E-state index in [0.29, 0.717) is 29.3 Å². The Bertz CT molecular complexity index is 610. The van der Waals surface area contributed by atoms with Crippen molar-refractivity contribution in [3.63, 3.8) is 0 Å². The molecule has 0 spiro atoms. The number of aromatic nitrogens is 2. The summed E-state index contributed by atoms with van der Waals surface area (Å²) in [7, 11) is 3.12. The minimum Gasteiger partial charge on any atom is -0.497 e. The molecule has 0 aliphatic carbocycles. The lowest BCUT2D eigenvalue weighted by Gasteiger charge is -2.08. The normalized spacial score (nSPS) is 10.4. The van der Waals surface area contributed by atoms with Crippen molar-refractivity contribution in [2.45, 2.75) is 20.4 Å². The monoisotopic (exact) mass is 274 g/mol. The maximum absolute atomic E-state index is 12.6. The van der Waals surface area contributed by atoms with Gasteiger partial charge in [0.15, 0.2) is 0 Å². The summed E-state index contributed by atoms with van der Waals surface area (Å²) in [5, 5.41) is 4.29. The molecule has 0 saturated carbocycles. The molecule has 0 aliphatic heterocycles. The van der Waals surface area contributed by atoms with Crippen molar-refractivity contribution in [2.24, 2.45) is 0 Å². The van der Waals surface area contributed by atoms with Crippen LogP contribution < -0.4 is 9.47 Å². The van der Waals surface area contributed by atoms with Crippen LogP contribution in [0.15, 0.2) is 24.3 Å². The summed E-state index contributed by atoms with van der Waals surface area (Å²) in [6, 6.07) is 6.93. The van der Waals surface area contributed by atoms with E-state index in [9.17, 15) is 4.79 Å². The molecule has 0 fully saturated rings. The number of hydrogen-bond acceptors (Lipinski definition) is 4. The molecule has 5 nitrogen and oxygen atoms in total. The first-order valence-corrected chi connectivity index (χ1v) is 6.41. The van der Waals surface area contributed by atoms with Gasteiger partial charge in [-0.1, -0.05) is 0 Å². The quantitative estimate of drug-likeness (QED) is 0.786. The minimum absolute atomic E-state index is 0.0929. The number of methoxy groups -OCH3 is 2. The lowest BCUT2D eigenvalue weighted by molar-refractivity contribution is 0.102. The van der Waals surface area contributed by atoms with E-state index in [-0.39, 0.29) is 5.78 Å². The zero-order chi connectivity index (χ0) is 14.7. The third-order valence-corrected chi connectivity index (χ3v) is 3.05. The SMILES string of the molecule is CCn1nc(C)cc1C(=O)c1cc(OC)cc(OC)c1. The van der Waals surface area contributed by atoms with Crippen molar-refractivity contribution in [3.8, 4) is 11.5 Å². The molecule has 106 valence electrons. The van der Waals surface area contributed by atoms with Crippen LogP contribution in [0, 0.1) is 6.92 Å². The van der Waals surface area contributed by atoms with Crippen LogP contribution in [0.25, 0.3) is 0 Å². The third-order valence-electron chi connectivity index (χ3n) is 3.05. The highest BCUT2D eigenvalue weighted by atomic mass is 16.5. The molecule has 0 amide bonds. The number of benzene rings is 1. The smallest absolute Gasteiger partial charge is 0.211 e. The number of aryl methyl sites for hydroxylation is 2. The van der Waals surface area contributed by atoms with Gasteiger partial charge in [-0.3, -0.25) is 9.48 Å². The van der Waals surface area contributed by atoms with Crippen LogP contribution >= 0.6 is 0 Å². The van der Waals surface area contributed by atoms with Crippen LogP contribution in [-0.2, 0) is 6.54 Å². The summed E-state index contributed by atoms with van der Waals surface area (Å²) in [6.45, 7) is 4.47. The minimum atomic E-state index is -0.0929. The highest BCUT2D eigenvalue weighted by Gasteiger charge is 2.17. The maximum Gasteiger partial charge on any atom is 0.211 e. The number of carbonyl (C=O) groups excluding carboxylic acids is 1. The van der Waals surface area contributed by atoms with Crippen LogP contribution in [0.4, 0.5) is 0 Å². The first-order chi connectivity index (χ1) is 9.58. The van der Waals surface area contributed by atoms with E-state index in [2.05, 4.69) is 5.10 Å². The molecule has 1 aromatic heterocycles. The van der Waals surface area contributed by atoms with Gasteiger partial charge in [0.2, 0.25) is 5.78 Å². The fourth-order valence-corrected chi connectivity index (χ4v) is 2.06. The van der Waals surface area contributed by atoms with Gasteiger partial charge in [-0.25, -0.2) is 0 Å². The van der Waals surface area contributed by atoms with Gasteiger partial charge in [0.05, 0.1) is 19.9 Å². The summed E-state index contributed by atoms with van der Waals surface area (Å²) >= 11 is 0. The van der Waals surface area contributed by atoms with Crippen LogP contribution in [-0.4, -0.2) is 29.8 Å². The van der Waals surface area contributed by atoms with Gasteiger partial charge >= 0.3 is 0 Å². The van der Waals surface area contributed by atoms with Gasteiger partial charge in [-0.15, -0.1) is 0 Å². The molecular weight excluding hydrogens is 256 g/mol. The molecule has 0 N–H and O–H groups in total. The molecule has 2 aromatic rings. The standard InChI is InChI=1S/C15H18N2O3/c1-5-17-14(6-10(2)16-17)15(18)11-7-12(19-3)9-13(8-11)20-4/h6-9H,5H2,1-4H3. The van der Waals surface area contributed by atoms with Gasteiger partial charge in [-0.05, 0) is 32.0 Å². The molecule has 5 heteroatoms. The fraction of sp³-hybridized carbons (Fsp3) is 0.333. The molecule has 0 unspecified atom stereocenters. The molecule has 20 heavy (non-hydrogen) atoms. The van der Waals surface area contributed by atoms with Gasteiger partial charge in [0.1, 0.15) is 17.2 Å². The third kappa shape index (κ3) is 2.66. The van der Waals surface area contributed by atoms with Crippen molar-refractivity contribution in [1.29, 1.82) is 0 Å². The van der Waals surface area contributed by atoms with Crippen LogP contribution in [0.1, 0.15) is 28.7 Å². The van der Waals surface area contributed by atoms with E-state index in [1.165, 1.54) is 0 Å². The fourth-order valence-electron chi connectivity index (χ4n) is 2.06. The molecule has 1 heterocycles. The van der Waals surface area contributed by atoms with Crippen molar-refractivity contribution in [3.05, 3.63) is 41.2 Å². The number of ether oxygens (including phenoxy) is 2. The Kier molecular flexibility index (Phi) is 4.08. The average molecular weight is 274 g/mol. The topological polar surface area (TPSA) is 53.4 Å². The van der Waals surface area contributed by atoms with E-state index in [4.69, 9.17) is 9.47 Å². The first kappa shape index (κ1) is 14.1. The summed E-state index contributed by atoms with van der Waals surface area (Å²) in [5.41, 5.74) is 1.92. The maximum atomic E-state index is 12.6. The Morgan fingerprint density at radius 2 is 1.75 bits per heavy atom. The van der Waals surface area contributed by atoms with Crippen molar-refractivity contribution in [1.82, 2.24) is 9.78 Å². The van der Waals surface area contributed by atoms with Crippen molar-refractivity contribution in [2.75, 3.05) is 14.2 Å². The average Bonchev–Trinajstić information content (AvgIpc) is 2.86. The van der Waals surface area contributed by atoms with Gasteiger partial charge in [0, 0.05) is 18.2 Å². The molecule has 0 aliphatic rings. The molecule has 2 rings (SSSR count). The number of rotatable bonds is 5. The van der Waals surface area contributed by atoms with E-state index in [1.807, 2.05) is 13.8 Å². The highest BCUT2D eigenvalue weighted by molar-refractivity contribution is 6.08. The second-order valence-corrected chi connectivity index (χ2v) is 4.42. The van der Waals surface area contributed by atoms with Crippen LogP contribution in [0.2, 0.25) is 0 Å². The number of carbonyl (C=O) groups is 1. The predicted molar refractivity (Wildman–Crippen MR) is 75.6 cm³/mol. The van der Waals surface area contributed by atoms with E-state index < -0.39 is 0 Å². The van der Waals surface area contributed by atoms with E-state index >= 15 is 0 Å². The van der Waals surface area contributed by atoms with E-state index in [1.54, 1.807) is 43.2 Å². The largest absolute Gasteiger partial charge is 0.497 e. The molecule has 0 saturated heterocycles. The summed E-state index contributed by atoms with van der Waals surface area (Å²) < 4.78 is 12.1. The van der Waals surface area contributed by atoms with Crippen LogP contribution in [0.5, 0.6) is 11.5 Å². The second-order valence-electron chi connectivity index (χ2n) is 4.42. The molecular formula is C15H18N2O3.